The summed E-state index contributed by atoms with van der Waals surface area (Å²) in [7, 11) is -0.726. The Balaban J connectivity index is 1.51. The number of ether oxygens (including phenoxy) is 1. The van der Waals surface area contributed by atoms with E-state index in [0.29, 0.717) is 71.2 Å². The number of rotatable bonds is 7. The fourth-order valence-electron chi connectivity index (χ4n) is 5.93. The third-order valence-electron chi connectivity index (χ3n) is 8.47. The maximum absolute atomic E-state index is 13.8. The van der Waals surface area contributed by atoms with Crippen molar-refractivity contribution in [1.82, 2.24) is 15.3 Å². The van der Waals surface area contributed by atoms with Gasteiger partial charge in [-0.3, -0.25) is 9.10 Å². The zero-order valence-electron chi connectivity index (χ0n) is 26.0. The summed E-state index contributed by atoms with van der Waals surface area (Å²) in [5.41, 5.74) is 5.07. The molecule has 0 atom stereocenters. The average molecular weight is 654 g/mol. The highest BCUT2D eigenvalue weighted by atomic mass is 32.2. The number of furan rings is 1. The fraction of sp³-hybridized carbons (Fsp3) is 0.200. The Morgan fingerprint density at radius 2 is 1.74 bits per heavy atom. The minimum absolute atomic E-state index is 0.243. The van der Waals surface area contributed by atoms with E-state index in [9.17, 15) is 17.6 Å². The number of aromatic amines is 1. The molecule has 0 saturated carbocycles. The summed E-state index contributed by atoms with van der Waals surface area (Å²) in [6.07, 6.45) is 1.13. The lowest BCUT2D eigenvalue weighted by Gasteiger charge is -2.29. The number of benzene rings is 3. The van der Waals surface area contributed by atoms with Crippen LogP contribution in [0.2, 0.25) is 0 Å². The van der Waals surface area contributed by atoms with Crippen molar-refractivity contribution < 1.29 is 26.8 Å². The minimum atomic E-state index is -3.72. The second kappa shape index (κ2) is 11.9. The molecule has 0 radical (unpaired) electrons. The molecule has 1 amide bonds. The van der Waals surface area contributed by atoms with E-state index in [1.807, 2.05) is 42.5 Å². The molecule has 0 aliphatic carbocycles. The predicted molar refractivity (Wildman–Crippen MR) is 182 cm³/mol. The standard InChI is InChI=1S/C35H32FN5O5S/c1-37-35(42)33-26-19-25(30(40(2)47(3,43)44)20-31(26)46-34(33)21-8-10-24(36)11-9-21)23-17-29(28-16-22-6-4-5-7-27(22)38-28)39-32(18-23)41-12-14-45-15-13-41/h4-11,16-20,38H,12-15H2,1-3H3,(H,37,42). The third-order valence-corrected chi connectivity index (χ3v) is 9.66. The van der Waals surface area contributed by atoms with E-state index in [0.717, 1.165) is 22.9 Å². The molecule has 3 aromatic carbocycles. The first kappa shape index (κ1) is 30.5. The van der Waals surface area contributed by atoms with Gasteiger partial charge in [0.2, 0.25) is 10.0 Å². The van der Waals surface area contributed by atoms with Gasteiger partial charge in [0, 0.05) is 60.7 Å². The van der Waals surface area contributed by atoms with Gasteiger partial charge in [0.15, 0.2) is 0 Å². The van der Waals surface area contributed by atoms with Crippen LogP contribution in [0.1, 0.15) is 10.4 Å². The van der Waals surface area contributed by atoms with Crippen LogP contribution in [0.5, 0.6) is 0 Å². The van der Waals surface area contributed by atoms with Gasteiger partial charge in [-0.25, -0.2) is 17.8 Å². The van der Waals surface area contributed by atoms with Crippen LogP contribution in [0.4, 0.5) is 15.9 Å². The molecule has 1 fully saturated rings. The van der Waals surface area contributed by atoms with Gasteiger partial charge in [0.05, 0.1) is 42.1 Å². The Morgan fingerprint density at radius 3 is 2.45 bits per heavy atom. The highest BCUT2D eigenvalue weighted by Gasteiger charge is 2.27. The summed E-state index contributed by atoms with van der Waals surface area (Å²) >= 11 is 0. The number of sulfonamides is 1. The van der Waals surface area contributed by atoms with E-state index in [2.05, 4.69) is 15.2 Å². The van der Waals surface area contributed by atoms with Gasteiger partial charge in [0.1, 0.15) is 23.0 Å². The van der Waals surface area contributed by atoms with Crippen LogP contribution in [0.25, 0.3) is 55.7 Å². The Hall–Kier alpha value is -5.20. The van der Waals surface area contributed by atoms with Gasteiger partial charge in [0.25, 0.3) is 5.91 Å². The number of nitrogens with zero attached hydrogens (tertiary/aromatic N) is 3. The van der Waals surface area contributed by atoms with Gasteiger partial charge in [-0.1, -0.05) is 18.2 Å². The number of hydrogen-bond donors (Lipinski definition) is 2. The van der Waals surface area contributed by atoms with Crippen LogP contribution >= 0.6 is 0 Å². The number of pyridine rings is 1. The van der Waals surface area contributed by atoms with E-state index in [1.54, 1.807) is 12.1 Å². The van der Waals surface area contributed by atoms with Gasteiger partial charge in [-0.2, -0.15) is 0 Å². The van der Waals surface area contributed by atoms with Crippen LogP contribution in [-0.2, 0) is 14.8 Å². The lowest BCUT2D eigenvalue weighted by Crippen LogP contribution is -2.36. The maximum atomic E-state index is 13.8. The lowest BCUT2D eigenvalue weighted by molar-refractivity contribution is 0.0964. The molecular formula is C35H32FN5O5S. The van der Waals surface area contributed by atoms with Crippen molar-refractivity contribution in [2.45, 2.75) is 0 Å². The molecule has 0 unspecified atom stereocenters. The molecule has 10 nitrogen and oxygen atoms in total. The van der Waals surface area contributed by atoms with Crippen molar-refractivity contribution in [2.24, 2.45) is 0 Å². The normalized spacial score (nSPS) is 13.7. The SMILES string of the molecule is CNC(=O)c1c(-c2ccc(F)cc2)oc2cc(N(C)S(C)(=O)=O)c(-c3cc(-c4cc5ccccc5[nH]4)nc(N4CCOCC4)c3)cc12. The summed E-state index contributed by atoms with van der Waals surface area (Å²) in [4.78, 5) is 24.0. The molecule has 4 heterocycles. The second-order valence-corrected chi connectivity index (χ2v) is 13.5. The summed E-state index contributed by atoms with van der Waals surface area (Å²) in [5.74, 6) is 0.121. The number of nitrogens with one attached hydrogen (secondary N) is 2. The molecule has 1 aliphatic heterocycles. The van der Waals surface area contributed by atoms with Gasteiger partial charge < -0.3 is 24.4 Å². The first-order valence-corrected chi connectivity index (χ1v) is 16.9. The zero-order chi connectivity index (χ0) is 32.9. The molecule has 1 aliphatic rings. The number of anilines is 2. The van der Waals surface area contributed by atoms with Gasteiger partial charge in [-0.05, 0) is 60.2 Å². The molecule has 6 aromatic rings. The Morgan fingerprint density at radius 1 is 1.00 bits per heavy atom. The Labute approximate surface area is 270 Å². The number of amides is 1. The van der Waals surface area contributed by atoms with E-state index in [1.165, 1.54) is 42.7 Å². The van der Waals surface area contributed by atoms with Crippen LogP contribution in [0.3, 0.4) is 0 Å². The van der Waals surface area contributed by atoms with Crippen molar-refractivity contribution >= 4 is 49.3 Å². The molecular weight excluding hydrogens is 621 g/mol. The van der Waals surface area contributed by atoms with Crippen molar-refractivity contribution in [3.8, 4) is 33.8 Å². The number of halogens is 1. The molecule has 2 N–H and O–H groups in total. The van der Waals surface area contributed by atoms with E-state index in [-0.39, 0.29) is 11.3 Å². The first-order valence-electron chi connectivity index (χ1n) is 15.1. The van der Waals surface area contributed by atoms with Gasteiger partial charge in [-0.15, -0.1) is 0 Å². The average Bonchev–Trinajstić information content (AvgIpc) is 3.69. The number of para-hydroxylation sites is 1. The Bertz CT molecular complexity index is 2220. The third kappa shape index (κ3) is 5.70. The molecule has 12 heteroatoms. The highest BCUT2D eigenvalue weighted by Crippen LogP contribution is 2.42. The monoisotopic (exact) mass is 653 g/mol. The van der Waals surface area contributed by atoms with Crippen molar-refractivity contribution in [1.29, 1.82) is 0 Å². The smallest absolute Gasteiger partial charge is 0.255 e. The van der Waals surface area contributed by atoms with Crippen molar-refractivity contribution in [3.63, 3.8) is 0 Å². The number of aromatic nitrogens is 2. The number of carbonyl (C=O) groups is 1. The molecule has 3 aromatic heterocycles. The largest absolute Gasteiger partial charge is 0.455 e. The topological polar surface area (TPSA) is 121 Å². The number of carbonyl (C=O) groups excluding carboxylic acids is 1. The molecule has 0 spiro atoms. The van der Waals surface area contributed by atoms with Crippen LogP contribution < -0.4 is 14.5 Å². The second-order valence-electron chi connectivity index (χ2n) is 11.5. The minimum Gasteiger partial charge on any atom is -0.455 e. The Kier molecular flexibility index (Phi) is 7.69. The number of fused-ring (bicyclic) bond motifs is 2. The number of H-pyrrole nitrogens is 1. The molecule has 1 saturated heterocycles. The van der Waals surface area contributed by atoms with Gasteiger partial charge >= 0.3 is 0 Å². The molecule has 7 rings (SSSR count). The summed E-state index contributed by atoms with van der Waals surface area (Å²) in [5, 5.41) is 4.19. The first-order chi connectivity index (χ1) is 22.6. The lowest BCUT2D eigenvalue weighted by atomic mass is 9.98. The predicted octanol–water partition coefficient (Wildman–Crippen LogP) is 6.04. The van der Waals surface area contributed by atoms with E-state index in [4.69, 9.17) is 14.1 Å². The summed E-state index contributed by atoms with van der Waals surface area (Å²) in [6, 6.07) is 22.9. The van der Waals surface area contributed by atoms with Crippen molar-refractivity contribution in [2.75, 3.05) is 55.9 Å². The fourth-order valence-corrected chi connectivity index (χ4v) is 6.44. The van der Waals surface area contributed by atoms with Crippen LogP contribution in [-0.4, -0.2) is 70.9 Å². The van der Waals surface area contributed by atoms with E-state index >= 15 is 0 Å². The molecule has 47 heavy (non-hydrogen) atoms. The highest BCUT2D eigenvalue weighted by molar-refractivity contribution is 7.92. The molecule has 0 bridgehead atoms. The van der Waals surface area contributed by atoms with Crippen molar-refractivity contribution in [3.05, 3.63) is 90.2 Å². The summed E-state index contributed by atoms with van der Waals surface area (Å²) < 4.78 is 52.8. The maximum Gasteiger partial charge on any atom is 0.255 e. The molecule has 240 valence electrons. The van der Waals surface area contributed by atoms with Crippen LogP contribution in [0.15, 0.2) is 83.3 Å². The number of morpholine rings is 1. The summed E-state index contributed by atoms with van der Waals surface area (Å²) in [6.45, 7) is 2.39. The number of hydrogen-bond acceptors (Lipinski definition) is 7. The quantitative estimate of drug-likeness (QED) is 0.216. The van der Waals surface area contributed by atoms with E-state index < -0.39 is 21.7 Å². The van der Waals surface area contributed by atoms with Crippen LogP contribution in [0, 0.1) is 5.82 Å². The zero-order valence-corrected chi connectivity index (χ0v) is 26.8.